The first-order chi connectivity index (χ1) is 12.5. The van der Waals surface area contributed by atoms with Gasteiger partial charge in [0.05, 0.1) is 11.3 Å². The first kappa shape index (κ1) is 16.3. The van der Waals surface area contributed by atoms with Gasteiger partial charge < -0.3 is 9.15 Å². The van der Waals surface area contributed by atoms with Crippen LogP contribution >= 0.6 is 0 Å². The molecule has 132 valence electrons. The summed E-state index contributed by atoms with van der Waals surface area (Å²) in [6, 6.07) is 11.0. The van der Waals surface area contributed by atoms with Gasteiger partial charge >= 0.3 is 0 Å². The lowest BCUT2D eigenvalue weighted by Gasteiger charge is -2.09. The highest BCUT2D eigenvalue weighted by Gasteiger charge is 2.17. The van der Waals surface area contributed by atoms with Crippen molar-refractivity contribution in [2.45, 2.75) is 20.5 Å². The van der Waals surface area contributed by atoms with Crippen LogP contribution in [0.2, 0.25) is 0 Å². The van der Waals surface area contributed by atoms with E-state index in [1.54, 1.807) is 12.1 Å². The molecular weight excluding hydrogens is 338 g/mol. The minimum atomic E-state index is -0.636. The molecule has 6 heteroatoms. The van der Waals surface area contributed by atoms with E-state index in [1.807, 2.05) is 36.6 Å². The van der Waals surface area contributed by atoms with E-state index in [1.165, 1.54) is 18.2 Å². The molecule has 3 heterocycles. The van der Waals surface area contributed by atoms with E-state index in [-0.39, 0.29) is 12.2 Å². The van der Waals surface area contributed by atoms with E-state index in [0.717, 1.165) is 17.1 Å². The lowest BCUT2D eigenvalue weighted by molar-refractivity contribution is 0.294. The second-order valence-corrected chi connectivity index (χ2v) is 6.01. The fourth-order valence-electron chi connectivity index (χ4n) is 2.95. The van der Waals surface area contributed by atoms with Gasteiger partial charge in [-0.15, -0.1) is 0 Å². The van der Waals surface area contributed by atoms with Crippen LogP contribution in [0.5, 0.6) is 5.75 Å². The molecule has 0 aliphatic rings. The third-order valence-corrected chi connectivity index (χ3v) is 4.20. The maximum Gasteiger partial charge on any atom is 0.180 e. The van der Waals surface area contributed by atoms with Crippen LogP contribution in [0.1, 0.15) is 17.0 Å². The zero-order valence-corrected chi connectivity index (χ0v) is 14.3. The zero-order valence-electron chi connectivity index (χ0n) is 14.3. The topological polar surface area (TPSA) is 39.7 Å². The van der Waals surface area contributed by atoms with E-state index in [4.69, 9.17) is 9.15 Å². The van der Waals surface area contributed by atoms with Gasteiger partial charge in [-0.3, -0.25) is 4.40 Å². The SMILES string of the molecule is Cc1ccc(-c2c(C)nc3c(OCc4c(F)cccc4F)cccn23)o1. The summed E-state index contributed by atoms with van der Waals surface area (Å²) in [7, 11) is 0. The Bertz CT molecular complexity index is 1080. The van der Waals surface area contributed by atoms with Gasteiger partial charge in [0.1, 0.15) is 29.7 Å². The van der Waals surface area contributed by atoms with Gasteiger partial charge in [-0.25, -0.2) is 13.8 Å². The molecule has 0 atom stereocenters. The number of ether oxygens (including phenoxy) is 1. The van der Waals surface area contributed by atoms with Crippen LogP contribution in [0.4, 0.5) is 8.78 Å². The lowest BCUT2D eigenvalue weighted by atomic mass is 10.2. The minimum absolute atomic E-state index is 0.111. The number of imidazole rings is 1. The smallest absolute Gasteiger partial charge is 0.180 e. The molecule has 4 nitrogen and oxygen atoms in total. The van der Waals surface area contributed by atoms with Crippen molar-refractivity contribution in [1.29, 1.82) is 0 Å². The fraction of sp³-hybridized carbons (Fsp3) is 0.150. The van der Waals surface area contributed by atoms with Gasteiger partial charge in [0.15, 0.2) is 17.2 Å². The maximum atomic E-state index is 13.8. The molecule has 0 bridgehead atoms. The molecule has 0 saturated carbocycles. The Morgan fingerprint density at radius 1 is 1.04 bits per heavy atom. The quantitative estimate of drug-likeness (QED) is 0.514. The Labute approximate surface area is 148 Å². The van der Waals surface area contributed by atoms with Crippen LogP contribution in [0, 0.1) is 25.5 Å². The van der Waals surface area contributed by atoms with Crippen LogP contribution in [-0.4, -0.2) is 9.38 Å². The van der Waals surface area contributed by atoms with Crippen molar-refractivity contribution in [3.05, 3.63) is 77.3 Å². The van der Waals surface area contributed by atoms with Crippen LogP contribution in [0.25, 0.3) is 17.1 Å². The Morgan fingerprint density at radius 3 is 2.50 bits per heavy atom. The van der Waals surface area contributed by atoms with Gasteiger partial charge in [0, 0.05) is 6.20 Å². The van der Waals surface area contributed by atoms with E-state index in [2.05, 4.69) is 4.98 Å². The highest BCUT2D eigenvalue weighted by atomic mass is 19.1. The van der Waals surface area contributed by atoms with Crippen LogP contribution in [0.3, 0.4) is 0 Å². The Hall–Kier alpha value is -3.15. The third kappa shape index (κ3) is 2.73. The summed E-state index contributed by atoms with van der Waals surface area (Å²) >= 11 is 0. The first-order valence-corrected chi connectivity index (χ1v) is 8.15. The minimum Gasteiger partial charge on any atom is -0.485 e. The van der Waals surface area contributed by atoms with Gasteiger partial charge in [0.2, 0.25) is 0 Å². The number of hydrogen-bond donors (Lipinski definition) is 0. The number of pyridine rings is 1. The molecule has 3 aromatic heterocycles. The number of furan rings is 1. The van der Waals surface area contributed by atoms with E-state index in [0.29, 0.717) is 17.2 Å². The van der Waals surface area contributed by atoms with Crippen molar-refractivity contribution in [2.24, 2.45) is 0 Å². The summed E-state index contributed by atoms with van der Waals surface area (Å²) < 4.78 is 40.9. The Morgan fingerprint density at radius 2 is 1.81 bits per heavy atom. The molecule has 0 N–H and O–H groups in total. The van der Waals surface area contributed by atoms with E-state index < -0.39 is 11.6 Å². The molecule has 0 aliphatic heterocycles. The number of nitrogens with zero attached hydrogens (tertiary/aromatic N) is 2. The summed E-state index contributed by atoms with van der Waals surface area (Å²) in [4.78, 5) is 4.55. The van der Waals surface area contributed by atoms with E-state index >= 15 is 0 Å². The number of rotatable bonds is 4. The standard InChI is InChI=1S/C20H16F2N2O2/c1-12-8-9-17(26-12)19-13(2)23-20-18(7-4-10-24(19)20)25-11-14-15(21)5-3-6-16(14)22/h3-10H,11H2,1-2H3. The van der Waals surface area contributed by atoms with Crippen molar-refractivity contribution >= 4 is 5.65 Å². The molecule has 4 rings (SSSR count). The highest BCUT2D eigenvalue weighted by molar-refractivity contribution is 5.67. The predicted octanol–water partition coefficient (Wildman–Crippen LogP) is 5.07. The highest BCUT2D eigenvalue weighted by Crippen LogP contribution is 2.30. The molecule has 0 saturated heterocycles. The molecule has 0 unspecified atom stereocenters. The zero-order chi connectivity index (χ0) is 18.3. The normalized spacial score (nSPS) is 11.2. The van der Waals surface area contributed by atoms with Crippen molar-refractivity contribution in [1.82, 2.24) is 9.38 Å². The van der Waals surface area contributed by atoms with Crippen LogP contribution in [-0.2, 0) is 6.61 Å². The van der Waals surface area contributed by atoms with Gasteiger partial charge in [0.25, 0.3) is 0 Å². The molecule has 0 amide bonds. The fourth-order valence-corrected chi connectivity index (χ4v) is 2.95. The van der Waals surface area contributed by atoms with E-state index in [9.17, 15) is 8.78 Å². The monoisotopic (exact) mass is 354 g/mol. The molecule has 0 spiro atoms. The van der Waals surface area contributed by atoms with Crippen LogP contribution < -0.4 is 4.74 Å². The Kier molecular flexibility index (Phi) is 3.95. The number of fused-ring (bicyclic) bond motifs is 1. The molecular formula is C20H16F2N2O2. The summed E-state index contributed by atoms with van der Waals surface area (Å²) in [5, 5.41) is 0. The number of hydrogen-bond acceptors (Lipinski definition) is 3. The molecule has 0 aliphatic carbocycles. The summed E-state index contributed by atoms with van der Waals surface area (Å²) in [6.45, 7) is 3.53. The second kappa shape index (κ2) is 6.29. The maximum absolute atomic E-state index is 13.8. The third-order valence-electron chi connectivity index (χ3n) is 4.20. The molecule has 0 radical (unpaired) electrons. The first-order valence-electron chi connectivity index (χ1n) is 8.15. The second-order valence-electron chi connectivity index (χ2n) is 6.01. The average Bonchev–Trinajstić information content (AvgIpc) is 3.17. The van der Waals surface area contributed by atoms with Gasteiger partial charge in [-0.05, 0) is 50.2 Å². The van der Waals surface area contributed by atoms with Crippen molar-refractivity contribution in [3.8, 4) is 17.2 Å². The van der Waals surface area contributed by atoms with Crippen molar-refractivity contribution in [3.63, 3.8) is 0 Å². The lowest BCUT2D eigenvalue weighted by Crippen LogP contribution is -2.03. The number of aromatic nitrogens is 2. The van der Waals surface area contributed by atoms with Gasteiger partial charge in [-0.1, -0.05) is 6.07 Å². The van der Waals surface area contributed by atoms with Gasteiger partial charge in [-0.2, -0.15) is 0 Å². The number of halogens is 2. The van der Waals surface area contributed by atoms with Crippen molar-refractivity contribution < 1.29 is 17.9 Å². The molecule has 4 aromatic rings. The number of aryl methyl sites for hydroxylation is 2. The summed E-state index contributed by atoms with van der Waals surface area (Å²) in [6.07, 6.45) is 1.85. The van der Waals surface area contributed by atoms with Crippen molar-refractivity contribution in [2.75, 3.05) is 0 Å². The Balaban J connectivity index is 1.73. The largest absolute Gasteiger partial charge is 0.485 e. The predicted molar refractivity (Wildman–Crippen MR) is 93.1 cm³/mol. The number of benzene rings is 1. The molecule has 26 heavy (non-hydrogen) atoms. The molecule has 1 aromatic carbocycles. The summed E-state index contributed by atoms with van der Waals surface area (Å²) in [5.74, 6) is 0.667. The van der Waals surface area contributed by atoms with Crippen LogP contribution in [0.15, 0.2) is 53.1 Å². The average molecular weight is 354 g/mol. The molecule has 0 fully saturated rings. The summed E-state index contributed by atoms with van der Waals surface area (Å²) in [5.41, 5.74) is 2.04.